The predicted molar refractivity (Wildman–Crippen MR) is 93.6 cm³/mol. The molecule has 0 fully saturated rings. The van der Waals surface area contributed by atoms with Gasteiger partial charge in [-0.25, -0.2) is 9.53 Å². The van der Waals surface area contributed by atoms with E-state index in [-0.39, 0.29) is 0 Å². The molecule has 3 nitrogen and oxygen atoms in total. The third-order valence-corrected chi connectivity index (χ3v) is 4.26. The molecule has 1 aromatic heterocycles. The average molecular weight is 322 g/mol. The average Bonchev–Trinajstić information content (AvgIpc) is 2.84. The maximum absolute atomic E-state index is 7.08. The Balaban J connectivity index is 2.01. The van der Waals surface area contributed by atoms with Crippen LogP contribution in [-0.2, 0) is 6.42 Å². The van der Waals surface area contributed by atoms with E-state index >= 15 is 0 Å². The quantitative estimate of drug-likeness (QED) is 0.601. The fourth-order valence-electron chi connectivity index (χ4n) is 2.70. The van der Waals surface area contributed by atoms with E-state index in [1.165, 1.54) is 11.1 Å². The van der Waals surface area contributed by atoms with Crippen LogP contribution in [0.1, 0.15) is 22.5 Å². The highest BCUT2D eigenvalue weighted by atomic mass is 35.5. The number of hydrogen-bond donors (Lipinski definition) is 0. The van der Waals surface area contributed by atoms with Crippen molar-refractivity contribution in [3.05, 3.63) is 87.5 Å². The van der Waals surface area contributed by atoms with Gasteiger partial charge >= 0.3 is 0 Å². The Labute approximate surface area is 141 Å². The van der Waals surface area contributed by atoms with Gasteiger partial charge in [-0.2, -0.15) is 5.10 Å². The van der Waals surface area contributed by atoms with Gasteiger partial charge in [-0.05, 0) is 31.5 Å². The molecular weight excluding hydrogens is 306 g/mol. The van der Waals surface area contributed by atoms with E-state index < -0.39 is 0 Å². The number of rotatable bonds is 3. The SMILES string of the molecule is [C-]#[N+]c1ccc(-n2nc(C)c(Cc3ccccc3)c2C)cc1Cl. The molecule has 114 valence electrons. The van der Waals surface area contributed by atoms with Crippen LogP contribution in [0.5, 0.6) is 0 Å². The molecule has 0 spiro atoms. The van der Waals surface area contributed by atoms with E-state index in [9.17, 15) is 0 Å². The third kappa shape index (κ3) is 2.99. The Kier molecular flexibility index (Phi) is 4.18. The van der Waals surface area contributed by atoms with Crippen LogP contribution >= 0.6 is 11.6 Å². The maximum Gasteiger partial charge on any atom is 0.205 e. The van der Waals surface area contributed by atoms with Crippen LogP contribution in [-0.4, -0.2) is 9.78 Å². The van der Waals surface area contributed by atoms with Crippen molar-refractivity contribution in [1.82, 2.24) is 9.78 Å². The molecule has 3 aromatic rings. The fourth-order valence-corrected chi connectivity index (χ4v) is 2.92. The lowest BCUT2D eigenvalue weighted by atomic mass is 10.0. The first-order chi connectivity index (χ1) is 11.1. The lowest BCUT2D eigenvalue weighted by Gasteiger charge is -2.07. The molecule has 0 aliphatic carbocycles. The van der Waals surface area contributed by atoms with Crippen LogP contribution in [0.3, 0.4) is 0 Å². The molecule has 0 radical (unpaired) electrons. The van der Waals surface area contributed by atoms with Crippen molar-refractivity contribution < 1.29 is 0 Å². The molecular formula is C19H16ClN3. The summed E-state index contributed by atoms with van der Waals surface area (Å²) in [6.45, 7) is 11.2. The molecule has 0 unspecified atom stereocenters. The van der Waals surface area contributed by atoms with Gasteiger partial charge in [-0.1, -0.05) is 48.0 Å². The molecule has 0 aliphatic heterocycles. The van der Waals surface area contributed by atoms with E-state index in [4.69, 9.17) is 18.2 Å². The van der Waals surface area contributed by atoms with E-state index in [1.807, 2.05) is 35.9 Å². The molecule has 1 heterocycles. The first kappa shape index (κ1) is 15.3. The minimum absolute atomic E-state index is 0.453. The number of nitrogens with zero attached hydrogens (tertiary/aromatic N) is 3. The molecule has 2 aromatic carbocycles. The summed E-state index contributed by atoms with van der Waals surface area (Å²) in [6.07, 6.45) is 0.854. The van der Waals surface area contributed by atoms with E-state index in [0.29, 0.717) is 10.7 Å². The number of halogens is 1. The zero-order valence-electron chi connectivity index (χ0n) is 13.0. The van der Waals surface area contributed by atoms with Gasteiger partial charge in [-0.3, -0.25) is 0 Å². The van der Waals surface area contributed by atoms with Crippen molar-refractivity contribution in [1.29, 1.82) is 0 Å². The van der Waals surface area contributed by atoms with Crippen molar-refractivity contribution in [3.63, 3.8) is 0 Å². The van der Waals surface area contributed by atoms with Crippen LogP contribution in [0.4, 0.5) is 5.69 Å². The Morgan fingerprint density at radius 3 is 2.52 bits per heavy atom. The Morgan fingerprint density at radius 2 is 1.87 bits per heavy atom. The van der Waals surface area contributed by atoms with Gasteiger partial charge in [0.05, 0.1) is 18.0 Å². The lowest BCUT2D eigenvalue weighted by molar-refractivity contribution is 0.833. The molecule has 0 atom stereocenters. The molecule has 0 saturated carbocycles. The van der Waals surface area contributed by atoms with Crippen LogP contribution in [0.15, 0.2) is 48.5 Å². The first-order valence-electron chi connectivity index (χ1n) is 7.36. The smallest absolute Gasteiger partial charge is 0.205 e. The minimum Gasteiger partial charge on any atom is -0.238 e. The van der Waals surface area contributed by atoms with E-state index in [0.717, 1.165) is 23.5 Å². The summed E-state index contributed by atoms with van der Waals surface area (Å²) in [5, 5.41) is 5.11. The zero-order valence-corrected chi connectivity index (χ0v) is 13.8. The number of aromatic nitrogens is 2. The summed E-state index contributed by atoms with van der Waals surface area (Å²) in [7, 11) is 0. The van der Waals surface area contributed by atoms with E-state index in [2.05, 4.69) is 29.0 Å². The van der Waals surface area contributed by atoms with Gasteiger partial charge in [0.25, 0.3) is 0 Å². The van der Waals surface area contributed by atoms with Crippen molar-refractivity contribution in [3.8, 4) is 5.69 Å². The van der Waals surface area contributed by atoms with Gasteiger partial charge in [0.15, 0.2) is 0 Å². The predicted octanol–water partition coefficient (Wildman–Crippen LogP) is 5.28. The Bertz CT molecular complexity index is 889. The summed E-state index contributed by atoms with van der Waals surface area (Å²) < 4.78 is 1.90. The maximum atomic E-state index is 7.08. The molecule has 23 heavy (non-hydrogen) atoms. The molecule has 0 bridgehead atoms. The molecule has 3 rings (SSSR count). The van der Waals surface area contributed by atoms with Gasteiger partial charge in [0, 0.05) is 22.7 Å². The topological polar surface area (TPSA) is 22.2 Å². The highest BCUT2D eigenvalue weighted by Crippen LogP contribution is 2.28. The highest BCUT2D eigenvalue weighted by Gasteiger charge is 2.14. The van der Waals surface area contributed by atoms with Crippen molar-refractivity contribution in [2.75, 3.05) is 0 Å². The van der Waals surface area contributed by atoms with Crippen molar-refractivity contribution in [2.24, 2.45) is 0 Å². The second-order valence-corrected chi connectivity index (χ2v) is 5.88. The monoisotopic (exact) mass is 321 g/mol. The van der Waals surface area contributed by atoms with Crippen molar-refractivity contribution in [2.45, 2.75) is 20.3 Å². The second-order valence-electron chi connectivity index (χ2n) is 5.47. The fraction of sp³-hybridized carbons (Fsp3) is 0.158. The standard InChI is InChI=1S/C19H16ClN3/c1-13-17(11-15-7-5-4-6-8-15)14(2)23(22-13)16-9-10-19(21-3)18(20)12-16/h4-10,12H,11H2,1-2H3. The second kappa shape index (κ2) is 6.28. The van der Waals surface area contributed by atoms with Crippen LogP contribution in [0, 0.1) is 20.4 Å². The summed E-state index contributed by atoms with van der Waals surface area (Å²) in [5.74, 6) is 0. The zero-order chi connectivity index (χ0) is 16.4. The normalized spacial score (nSPS) is 10.5. The minimum atomic E-state index is 0.453. The molecule has 0 amide bonds. The summed E-state index contributed by atoms with van der Waals surface area (Å²) >= 11 is 6.15. The van der Waals surface area contributed by atoms with Gasteiger partial charge in [-0.15, -0.1) is 0 Å². The largest absolute Gasteiger partial charge is 0.238 e. The summed E-state index contributed by atoms with van der Waals surface area (Å²) in [5.41, 5.74) is 5.93. The summed E-state index contributed by atoms with van der Waals surface area (Å²) in [6, 6.07) is 15.8. The van der Waals surface area contributed by atoms with Crippen LogP contribution in [0.25, 0.3) is 10.5 Å². The number of aryl methyl sites for hydroxylation is 1. The van der Waals surface area contributed by atoms with E-state index in [1.54, 1.807) is 12.1 Å². The van der Waals surface area contributed by atoms with Crippen molar-refractivity contribution >= 4 is 17.3 Å². The number of benzene rings is 2. The first-order valence-corrected chi connectivity index (χ1v) is 7.74. The van der Waals surface area contributed by atoms with Gasteiger partial charge in [0.1, 0.15) is 0 Å². The Hall–Kier alpha value is -2.57. The Morgan fingerprint density at radius 1 is 1.13 bits per heavy atom. The third-order valence-electron chi connectivity index (χ3n) is 3.96. The lowest BCUT2D eigenvalue weighted by Crippen LogP contribution is -1.99. The van der Waals surface area contributed by atoms with Crippen LogP contribution in [0.2, 0.25) is 5.02 Å². The number of hydrogen-bond acceptors (Lipinski definition) is 1. The molecule has 4 heteroatoms. The van der Waals surface area contributed by atoms with Gasteiger partial charge < -0.3 is 0 Å². The molecule has 0 saturated heterocycles. The van der Waals surface area contributed by atoms with Gasteiger partial charge in [0.2, 0.25) is 5.69 Å². The molecule has 0 aliphatic rings. The van der Waals surface area contributed by atoms with Crippen LogP contribution < -0.4 is 0 Å². The summed E-state index contributed by atoms with van der Waals surface area (Å²) in [4.78, 5) is 3.39. The molecule has 0 N–H and O–H groups in total. The highest BCUT2D eigenvalue weighted by molar-refractivity contribution is 6.33.